The third-order valence-electron chi connectivity index (χ3n) is 3.82. The molecule has 1 saturated heterocycles. The van der Waals surface area contributed by atoms with E-state index in [2.05, 4.69) is 24.8 Å². The first-order chi connectivity index (χ1) is 8.65. The summed E-state index contributed by atoms with van der Waals surface area (Å²) >= 11 is 8.36. The lowest BCUT2D eigenvalue weighted by molar-refractivity contribution is 0.151. The van der Waals surface area contributed by atoms with Crippen molar-refractivity contribution in [3.63, 3.8) is 0 Å². The lowest BCUT2D eigenvalue weighted by Crippen LogP contribution is -2.48. The van der Waals surface area contributed by atoms with E-state index in [0.717, 1.165) is 17.1 Å². The second-order valence-electron chi connectivity index (χ2n) is 4.83. The van der Waals surface area contributed by atoms with E-state index in [9.17, 15) is 0 Å². The third-order valence-corrected chi connectivity index (χ3v) is 5.50. The summed E-state index contributed by atoms with van der Waals surface area (Å²) in [6, 6.07) is 8.82. The van der Waals surface area contributed by atoms with Crippen molar-refractivity contribution in [2.24, 2.45) is 5.73 Å². The van der Waals surface area contributed by atoms with E-state index in [0.29, 0.717) is 17.8 Å². The zero-order chi connectivity index (χ0) is 13.1. The molecule has 2 N–H and O–H groups in total. The maximum Gasteiger partial charge on any atom is 0.0488 e. The molecule has 3 unspecified atom stereocenters. The molecule has 0 radical (unpaired) electrons. The van der Waals surface area contributed by atoms with Gasteiger partial charge in [0, 0.05) is 41.2 Å². The van der Waals surface area contributed by atoms with Crippen LogP contribution in [0.5, 0.6) is 0 Å². The molecule has 0 amide bonds. The Morgan fingerprint density at radius 1 is 1.44 bits per heavy atom. The molecule has 1 aromatic rings. The average molecular weight is 285 g/mol. The fourth-order valence-electron chi connectivity index (χ4n) is 2.58. The molecular formula is C14H21ClN2S. The third kappa shape index (κ3) is 2.85. The SMILES string of the molecule is CC1SCCN(C(CN)c2ccccc2Cl)C1C. The monoisotopic (exact) mass is 284 g/mol. The number of rotatable bonds is 3. The molecule has 1 heterocycles. The second kappa shape index (κ2) is 6.29. The van der Waals surface area contributed by atoms with Crippen LogP contribution in [0.1, 0.15) is 25.5 Å². The number of benzene rings is 1. The zero-order valence-electron chi connectivity index (χ0n) is 11.0. The number of nitrogens with zero attached hydrogens (tertiary/aromatic N) is 1. The maximum absolute atomic E-state index is 6.31. The molecule has 18 heavy (non-hydrogen) atoms. The van der Waals surface area contributed by atoms with Crippen LogP contribution in [0.2, 0.25) is 5.02 Å². The van der Waals surface area contributed by atoms with Gasteiger partial charge in [0.05, 0.1) is 0 Å². The molecule has 4 heteroatoms. The lowest BCUT2D eigenvalue weighted by atomic mass is 10.0. The van der Waals surface area contributed by atoms with Crippen molar-refractivity contribution in [1.82, 2.24) is 4.90 Å². The highest BCUT2D eigenvalue weighted by atomic mass is 35.5. The Kier molecular flexibility index (Phi) is 4.96. The molecule has 2 nitrogen and oxygen atoms in total. The Bertz CT molecular complexity index is 399. The van der Waals surface area contributed by atoms with Gasteiger partial charge in [-0.05, 0) is 18.6 Å². The lowest BCUT2D eigenvalue weighted by Gasteiger charge is -2.42. The summed E-state index contributed by atoms with van der Waals surface area (Å²) in [5.74, 6) is 1.17. The summed E-state index contributed by atoms with van der Waals surface area (Å²) < 4.78 is 0. The normalized spacial score (nSPS) is 27.1. The highest BCUT2D eigenvalue weighted by molar-refractivity contribution is 8.00. The van der Waals surface area contributed by atoms with Crippen molar-refractivity contribution < 1.29 is 0 Å². The largest absolute Gasteiger partial charge is 0.329 e. The molecule has 3 atom stereocenters. The van der Waals surface area contributed by atoms with Gasteiger partial charge in [-0.25, -0.2) is 0 Å². The molecule has 0 aliphatic carbocycles. The number of thioether (sulfide) groups is 1. The minimum Gasteiger partial charge on any atom is -0.329 e. The van der Waals surface area contributed by atoms with E-state index < -0.39 is 0 Å². The summed E-state index contributed by atoms with van der Waals surface area (Å²) in [6.07, 6.45) is 0. The molecule has 0 saturated carbocycles. The first-order valence-electron chi connectivity index (χ1n) is 6.47. The second-order valence-corrected chi connectivity index (χ2v) is 6.72. The van der Waals surface area contributed by atoms with Gasteiger partial charge in [0.1, 0.15) is 0 Å². The number of hydrogen-bond donors (Lipinski definition) is 1. The molecule has 1 fully saturated rings. The minimum atomic E-state index is 0.233. The topological polar surface area (TPSA) is 29.3 Å². The number of hydrogen-bond acceptors (Lipinski definition) is 3. The van der Waals surface area contributed by atoms with E-state index in [1.54, 1.807) is 0 Å². The van der Waals surface area contributed by atoms with E-state index in [1.807, 2.05) is 30.0 Å². The van der Waals surface area contributed by atoms with Crippen molar-refractivity contribution in [3.8, 4) is 0 Å². The molecule has 0 aromatic heterocycles. The molecule has 1 aliphatic rings. The fourth-order valence-corrected chi connectivity index (χ4v) is 3.97. The van der Waals surface area contributed by atoms with Gasteiger partial charge in [0.2, 0.25) is 0 Å². The summed E-state index contributed by atoms with van der Waals surface area (Å²) in [5.41, 5.74) is 7.16. The van der Waals surface area contributed by atoms with Gasteiger partial charge in [0.15, 0.2) is 0 Å². The zero-order valence-corrected chi connectivity index (χ0v) is 12.5. The summed E-state index contributed by atoms with van der Waals surface area (Å²) in [7, 11) is 0. The maximum atomic E-state index is 6.31. The van der Waals surface area contributed by atoms with E-state index >= 15 is 0 Å². The number of nitrogens with two attached hydrogens (primary N) is 1. The predicted molar refractivity (Wildman–Crippen MR) is 81.3 cm³/mol. The molecular weight excluding hydrogens is 264 g/mol. The van der Waals surface area contributed by atoms with Crippen LogP contribution in [-0.2, 0) is 0 Å². The fraction of sp³-hybridized carbons (Fsp3) is 0.571. The number of halogens is 1. The van der Waals surface area contributed by atoms with Crippen molar-refractivity contribution in [2.45, 2.75) is 31.2 Å². The summed E-state index contributed by atoms with van der Waals surface area (Å²) in [6.45, 7) is 6.28. The average Bonchev–Trinajstić information content (AvgIpc) is 2.37. The molecule has 100 valence electrons. The van der Waals surface area contributed by atoms with Crippen LogP contribution >= 0.6 is 23.4 Å². The van der Waals surface area contributed by atoms with Crippen LogP contribution in [0, 0.1) is 0 Å². The molecule has 2 rings (SSSR count). The van der Waals surface area contributed by atoms with E-state index in [1.165, 1.54) is 5.75 Å². The van der Waals surface area contributed by atoms with Crippen molar-refractivity contribution >= 4 is 23.4 Å². The molecule has 0 bridgehead atoms. The van der Waals surface area contributed by atoms with Crippen molar-refractivity contribution in [3.05, 3.63) is 34.9 Å². The van der Waals surface area contributed by atoms with Gasteiger partial charge in [-0.1, -0.05) is 36.7 Å². The Morgan fingerprint density at radius 3 is 2.83 bits per heavy atom. The molecule has 1 aliphatic heterocycles. The van der Waals surface area contributed by atoms with Crippen molar-refractivity contribution in [1.29, 1.82) is 0 Å². The Labute approximate surface area is 119 Å². The van der Waals surface area contributed by atoms with Crippen LogP contribution in [0.4, 0.5) is 0 Å². The minimum absolute atomic E-state index is 0.233. The first-order valence-corrected chi connectivity index (χ1v) is 7.89. The van der Waals surface area contributed by atoms with Crippen LogP contribution in [0.15, 0.2) is 24.3 Å². The van der Waals surface area contributed by atoms with Gasteiger partial charge in [0.25, 0.3) is 0 Å². The van der Waals surface area contributed by atoms with Gasteiger partial charge in [-0.15, -0.1) is 0 Å². The smallest absolute Gasteiger partial charge is 0.0488 e. The Morgan fingerprint density at radius 2 is 2.17 bits per heavy atom. The van der Waals surface area contributed by atoms with E-state index in [4.69, 9.17) is 17.3 Å². The standard InChI is InChI=1S/C14H21ClN2S/c1-10-11(2)18-8-7-17(10)14(9-16)12-5-3-4-6-13(12)15/h3-6,10-11,14H,7-9,16H2,1-2H3. The Hall–Kier alpha value is -0.220. The van der Waals surface area contributed by atoms with Crippen LogP contribution < -0.4 is 5.73 Å². The highest BCUT2D eigenvalue weighted by Gasteiger charge is 2.31. The van der Waals surface area contributed by atoms with Gasteiger partial charge >= 0.3 is 0 Å². The molecule has 1 aromatic carbocycles. The van der Waals surface area contributed by atoms with Gasteiger partial charge < -0.3 is 5.73 Å². The predicted octanol–water partition coefficient (Wildman–Crippen LogP) is 3.17. The Balaban J connectivity index is 2.25. The summed E-state index contributed by atoms with van der Waals surface area (Å²) in [5, 5.41) is 1.47. The summed E-state index contributed by atoms with van der Waals surface area (Å²) in [4.78, 5) is 2.50. The van der Waals surface area contributed by atoms with Crippen LogP contribution in [-0.4, -0.2) is 35.0 Å². The van der Waals surface area contributed by atoms with Gasteiger partial charge in [-0.2, -0.15) is 11.8 Å². The van der Waals surface area contributed by atoms with E-state index in [-0.39, 0.29) is 6.04 Å². The first kappa shape index (κ1) is 14.2. The quantitative estimate of drug-likeness (QED) is 0.924. The van der Waals surface area contributed by atoms with Crippen LogP contribution in [0.3, 0.4) is 0 Å². The van der Waals surface area contributed by atoms with Gasteiger partial charge in [-0.3, -0.25) is 4.90 Å². The van der Waals surface area contributed by atoms with Crippen LogP contribution in [0.25, 0.3) is 0 Å². The van der Waals surface area contributed by atoms with Crippen molar-refractivity contribution in [2.75, 3.05) is 18.8 Å². The molecule has 0 spiro atoms. The highest BCUT2D eigenvalue weighted by Crippen LogP contribution is 2.33.